The summed E-state index contributed by atoms with van der Waals surface area (Å²) >= 11 is 0. The Hall–Kier alpha value is -1.48. The number of morpholine rings is 1. The number of benzene rings is 1. The highest BCUT2D eigenvalue weighted by molar-refractivity contribution is 7.89. The van der Waals surface area contributed by atoms with E-state index in [1.807, 2.05) is 0 Å². The predicted octanol–water partition coefficient (Wildman–Crippen LogP) is -0.343. The smallest absolute Gasteiger partial charge is 0.251 e. The number of hydrogen-bond donors (Lipinski definition) is 2. The second kappa shape index (κ2) is 7.68. The van der Waals surface area contributed by atoms with Gasteiger partial charge in [0.1, 0.15) is 0 Å². The molecule has 122 valence electrons. The molecule has 8 heteroatoms. The topological polar surface area (TPSA) is 87.7 Å². The van der Waals surface area contributed by atoms with E-state index in [9.17, 15) is 13.2 Å². The number of carbonyl (C=O) groups is 1. The molecule has 22 heavy (non-hydrogen) atoms. The Balaban J connectivity index is 2.15. The quantitative estimate of drug-likeness (QED) is 0.698. The molecule has 1 aromatic rings. The van der Waals surface area contributed by atoms with Gasteiger partial charge in [-0.05, 0) is 25.2 Å². The molecular weight excluding hydrogens is 306 g/mol. The molecule has 0 atom stereocenters. The number of rotatable bonds is 6. The van der Waals surface area contributed by atoms with Crippen LogP contribution >= 0.6 is 0 Å². The van der Waals surface area contributed by atoms with E-state index in [-0.39, 0.29) is 10.8 Å². The number of nitrogens with one attached hydrogen (secondary N) is 2. The van der Waals surface area contributed by atoms with Crippen molar-refractivity contribution in [2.75, 3.05) is 46.4 Å². The molecule has 1 saturated heterocycles. The summed E-state index contributed by atoms with van der Waals surface area (Å²) in [5.74, 6) is -0.283. The summed E-state index contributed by atoms with van der Waals surface area (Å²) in [7, 11) is -1.79. The van der Waals surface area contributed by atoms with Gasteiger partial charge in [-0.3, -0.25) is 4.79 Å². The van der Waals surface area contributed by atoms with Crippen molar-refractivity contribution in [3.8, 4) is 0 Å². The summed E-state index contributed by atoms with van der Waals surface area (Å²) in [4.78, 5) is 12.1. The molecule has 1 aliphatic heterocycles. The number of carbonyl (C=O) groups excluding carboxylic acids is 1. The van der Waals surface area contributed by atoms with E-state index in [0.717, 1.165) is 0 Å². The normalized spacial score (nSPS) is 16.4. The van der Waals surface area contributed by atoms with Crippen molar-refractivity contribution in [3.63, 3.8) is 0 Å². The van der Waals surface area contributed by atoms with Crippen LogP contribution in [0.2, 0.25) is 0 Å². The fourth-order valence-electron chi connectivity index (χ4n) is 2.14. The molecule has 0 aromatic heterocycles. The zero-order valence-electron chi connectivity index (χ0n) is 12.5. The molecule has 1 aromatic carbocycles. The van der Waals surface area contributed by atoms with E-state index < -0.39 is 10.0 Å². The molecule has 1 aliphatic rings. The number of amides is 1. The van der Waals surface area contributed by atoms with Crippen molar-refractivity contribution in [2.24, 2.45) is 0 Å². The fourth-order valence-corrected chi connectivity index (χ4v) is 3.59. The minimum atomic E-state index is -3.58. The average Bonchev–Trinajstić information content (AvgIpc) is 2.56. The van der Waals surface area contributed by atoms with Crippen molar-refractivity contribution in [2.45, 2.75) is 4.90 Å². The van der Waals surface area contributed by atoms with Gasteiger partial charge in [0.15, 0.2) is 0 Å². The van der Waals surface area contributed by atoms with Crippen LogP contribution in [0.25, 0.3) is 0 Å². The summed E-state index contributed by atoms with van der Waals surface area (Å²) < 4.78 is 31.7. The maximum absolute atomic E-state index is 12.6. The molecule has 0 radical (unpaired) electrons. The Morgan fingerprint density at radius 1 is 1.27 bits per heavy atom. The number of sulfonamides is 1. The first kappa shape index (κ1) is 16.9. The van der Waals surface area contributed by atoms with Crippen LogP contribution in [-0.2, 0) is 14.8 Å². The molecule has 0 bridgehead atoms. The molecule has 1 fully saturated rings. The molecule has 0 unspecified atom stereocenters. The third-order valence-electron chi connectivity index (χ3n) is 3.36. The van der Waals surface area contributed by atoms with Crippen molar-refractivity contribution < 1.29 is 17.9 Å². The van der Waals surface area contributed by atoms with Crippen molar-refractivity contribution in [1.29, 1.82) is 0 Å². The highest BCUT2D eigenvalue weighted by Crippen LogP contribution is 2.18. The molecular formula is C14H21N3O4S. The van der Waals surface area contributed by atoms with Crippen LogP contribution in [-0.4, -0.2) is 65.1 Å². The molecule has 2 N–H and O–H groups in total. The van der Waals surface area contributed by atoms with Crippen LogP contribution < -0.4 is 10.6 Å². The lowest BCUT2D eigenvalue weighted by Crippen LogP contribution is -2.40. The first-order chi connectivity index (χ1) is 10.6. The molecule has 1 heterocycles. The summed E-state index contributed by atoms with van der Waals surface area (Å²) in [5, 5.41) is 5.65. The SMILES string of the molecule is CNCCNC(=O)c1cccc(S(=O)(=O)N2CCOCC2)c1. The third kappa shape index (κ3) is 4.04. The van der Waals surface area contributed by atoms with Crippen LogP contribution in [0.15, 0.2) is 29.2 Å². The zero-order valence-corrected chi connectivity index (χ0v) is 13.4. The van der Waals surface area contributed by atoms with Crippen molar-refractivity contribution in [3.05, 3.63) is 29.8 Å². The van der Waals surface area contributed by atoms with Crippen LogP contribution in [0.5, 0.6) is 0 Å². The van der Waals surface area contributed by atoms with Crippen molar-refractivity contribution in [1.82, 2.24) is 14.9 Å². The van der Waals surface area contributed by atoms with Gasteiger partial charge in [0.05, 0.1) is 18.1 Å². The van der Waals surface area contributed by atoms with E-state index >= 15 is 0 Å². The van der Waals surface area contributed by atoms with Gasteiger partial charge in [-0.25, -0.2) is 8.42 Å². The van der Waals surface area contributed by atoms with Gasteiger partial charge in [-0.1, -0.05) is 6.07 Å². The summed E-state index contributed by atoms with van der Waals surface area (Å²) in [6, 6.07) is 6.11. The number of ether oxygens (including phenoxy) is 1. The van der Waals surface area contributed by atoms with Gasteiger partial charge in [0.2, 0.25) is 10.0 Å². The maximum atomic E-state index is 12.6. The molecule has 0 spiro atoms. The predicted molar refractivity (Wildman–Crippen MR) is 82.3 cm³/mol. The van der Waals surface area contributed by atoms with Crippen LogP contribution in [0.4, 0.5) is 0 Å². The third-order valence-corrected chi connectivity index (χ3v) is 5.26. The molecule has 0 saturated carbocycles. The lowest BCUT2D eigenvalue weighted by molar-refractivity contribution is 0.0730. The Morgan fingerprint density at radius 3 is 2.68 bits per heavy atom. The molecule has 1 amide bonds. The average molecular weight is 327 g/mol. The maximum Gasteiger partial charge on any atom is 0.251 e. The summed E-state index contributed by atoms with van der Waals surface area (Å²) in [6.45, 7) is 2.59. The summed E-state index contributed by atoms with van der Waals surface area (Å²) in [6.07, 6.45) is 0. The highest BCUT2D eigenvalue weighted by atomic mass is 32.2. The van der Waals surface area contributed by atoms with E-state index in [4.69, 9.17) is 4.74 Å². The lowest BCUT2D eigenvalue weighted by Gasteiger charge is -2.26. The molecule has 7 nitrogen and oxygen atoms in total. The van der Waals surface area contributed by atoms with Gasteiger partial charge < -0.3 is 15.4 Å². The van der Waals surface area contributed by atoms with Crippen LogP contribution in [0.3, 0.4) is 0 Å². The van der Waals surface area contributed by atoms with Gasteiger partial charge in [0.25, 0.3) is 5.91 Å². The van der Waals surface area contributed by atoms with Crippen LogP contribution in [0.1, 0.15) is 10.4 Å². The minimum Gasteiger partial charge on any atom is -0.379 e. The van der Waals surface area contributed by atoms with E-state index in [1.165, 1.54) is 16.4 Å². The minimum absolute atomic E-state index is 0.135. The Morgan fingerprint density at radius 2 is 2.00 bits per heavy atom. The van der Waals surface area contributed by atoms with Gasteiger partial charge in [0, 0.05) is 31.7 Å². The van der Waals surface area contributed by atoms with Crippen LogP contribution in [0, 0.1) is 0 Å². The summed E-state index contributed by atoms with van der Waals surface area (Å²) in [5.41, 5.74) is 0.338. The van der Waals surface area contributed by atoms with E-state index in [0.29, 0.717) is 45.0 Å². The lowest BCUT2D eigenvalue weighted by atomic mass is 10.2. The largest absolute Gasteiger partial charge is 0.379 e. The second-order valence-electron chi connectivity index (χ2n) is 4.90. The monoisotopic (exact) mass is 327 g/mol. The van der Waals surface area contributed by atoms with Gasteiger partial charge >= 0.3 is 0 Å². The van der Waals surface area contributed by atoms with Crippen molar-refractivity contribution >= 4 is 15.9 Å². The molecule has 2 rings (SSSR count). The van der Waals surface area contributed by atoms with E-state index in [2.05, 4.69) is 10.6 Å². The second-order valence-corrected chi connectivity index (χ2v) is 6.84. The number of likely N-dealkylation sites (N-methyl/N-ethyl adjacent to an activating group) is 1. The van der Waals surface area contributed by atoms with Gasteiger partial charge in [-0.15, -0.1) is 0 Å². The Labute approximate surface area is 130 Å². The fraction of sp³-hybridized carbons (Fsp3) is 0.500. The first-order valence-corrected chi connectivity index (χ1v) is 8.60. The number of nitrogens with zero attached hydrogens (tertiary/aromatic N) is 1. The zero-order chi connectivity index (χ0) is 16.0. The number of hydrogen-bond acceptors (Lipinski definition) is 5. The highest BCUT2D eigenvalue weighted by Gasteiger charge is 2.26. The molecule has 0 aliphatic carbocycles. The van der Waals surface area contributed by atoms with Gasteiger partial charge in [-0.2, -0.15) is 4.31 Å². The Kier molecular flexibility index (Phi) is 5.90. The van der Waals surface area contributed by atoms with E-state index in [1.54, 1.807) is 19.2 Å². The standard InChI is InChI=1S/C14H21N3O4S/c1-15-5-6-16-14(18)12-3-2-4-13(11-12)22(19,20)17-7-9-21-10-8-17/h2-4,11,15H,5-10H2,1H3,(H,16,18). The first-order valence-electron chi connectivity index (χ1n) is 7.16. The Bertz CT molecular complexity index is 612.